The van der Waals surface area contributed by atoms with Crippen LogP contribution in [0.4, 0.5) is 0 Å². The summed E-state index contributed by atoms with van der Waals surface area (Å²) in [5.41, 5.74) is 1.59. The minimum atomic E-state index is -0.935. The number of carboxylic acid groups (broad SMARTS) is 1. The van der Waals surface area contributed by atoms with Gasteiger partial charge in [0, 0.05) is 16.2 Å². The van der Waals surface area contributed by atoms with Crippen molar-refractivity contribution in [3.8, 4) is 0 Å². The van der Waals surface area contributed by atoms with E-state index in [9.17, 15) is 9.59 Å². The molecule has 0 aromatic heterocycles. The van der Waals surface area contributed by atoms with Gasteiger partial charge in [-0.25, -0.2) is 9.59 Å². The monoisotopic (exact) mass is 324 g/mol. The third-order valence-electron chi connectivity index (χ3n) is 2.02. The fourth-order valence-corrected chi connectivity index (χ4v) is 1.03. The highest BCUT2D eigenvalue weighted by atomic mass is 35.5. The van der Waals surface area contributed by atoms with Crippen LogP contribution in [0.2, 0.25) is 5.02 Å². The molecule has 1 rings (SSSR count). The van der Waals surface area contributed by atoms with Crippen molar-refractivity contribution in [3.05, 3.63) is 65.7 Å². The molecule has 1 N–H and O–H groups in total. The molecule has 0 saturated heterocycles. The maximum Gasteiger partial charge on any atom is 0.332 e. The smallest absolute Gasteiger partial charge is 0.332 e. The molecular formula is C17H21ClO4. The highest BCUT2D eigenvalue weighted by molar-refractivity contribution is 6.32. The normalized spacial score (nSPS) is 8.18. The van der Waals surface area contributed by atoms with Gasteiger partial charge in [-0.2, -0.15) is 0 Å². The first-order valence-corrected chi connectivity index (χ1v) is 6.54. The second-order valence-corrected chi connectivity index (χ2v) is 4.49. The summed E-state index contributed by atoms with van der Waals surface area (Å²) >= 11 is 5.75. The first-order chi connectivity index (χ1) is 10.2. The Labute approximate surface area is 136 Å². The maximum atomic E-state index is 10.2. The van der Waals surface area contributed by atoms with Gasteiger partial charge < -0.3 is 9.84 Å². The van der Waals surface area contributed by atoms with Crippen LogP contribution in [0.25, 0.3) is 6.08 Å². The molecule has 120 valence electrons. The van der Waals surface area contributed by atoms with Crippen molar-refractivity contribution in [2.75, 3.05) is 7.11 Å². The van der Waals surface area contributed by atoms with Gasteiger partial charge in [-0.15, -0.1) is 0 Å². The number of esters is 1. The number of benzene rings is 1. The van der Waals surface area contributed by atoms with E-state index < -0.39 is 5.97 Å². The van der Waals surface area contributed by atoms with Gasteiger partial charge in [0.05, 0.1) is 7.11 Å². The molecule has 0 aliphatic heterocycles. The Morgan fingerprint density at radius 2 is 1.64 bits per heavy atom. The largest absolute Gasteiger partial charge is 0.478 e. The zero-order valence-corrected chi connectivity index (χ0v) is 13.8. The number of halogens is 1. The summed E-state index contributed by atoms with van der Waals surface area (Å²) in [5.74, 6) is -1.28. The first-order valence-electron chi connectivity index (χ1n) is 6.16. The van der Waals surface area contributed by atoms with E-state index in [-0.39, 0.29) is 11.5 Å². The first kappa shape index (κ1) is 22.0. The average Bonchev–Trinajstić information content (AvgIpc) is 2.48. The lowest BCUT2D eigenvalue weighted by Crippen LogP contribution is -1.98. The molecule has 4 nitrogen and oxygen atoms in total. The van der Waals surface area contributed by atoms with Crippen LogP contribution in [0.5, 0.6) is 0 Å². The van der Waals surface area contributed by atoms with Gasteiger partial charge >= 0.3 is 11.9 Å². The average molecular weight is 325 g/mol. The van der Waals surface area contributed by atoms with Crippen LogP contribution in [0.15, 0.2) is 55.1 Å². The van der Waals surface area contributed by atoms with Crippen molar-refractivity contribution in [1.82, 2.24) is 0 Å². The van der Waals surface area contributed by atoms with Crippen molar-refractivity contribution < 1.29 is 19.4 Å². The van der Waals surface area contributed by atoms with Gasteiger partial charge in [0.25, 0.3) is 0 Å². The topological polar surface area (TPSA) is 63.6 Å². The molecular weight excluding hydrogens is 304 g/mol. The maximum absolute atomic E-state index is 10.2. The SMILES string of the molecule is C=C(C)C(=O)O.C=C(C)C(=O)OC.C=Cc1ccccc1Cl. The predicted molar refractivity (Wildman–Crippen MR) is 90.8 cm³/mol. The van der Waals surface area contributed by atoms with E-state index in [0.717, 1.165) is 10.6 Å². The zero-order valence-electron chi connectivity index (χ0n) is 13.1. The number of carbonyl (C=O) groups excluding carboxylic acids is 1. The molecule has 0 radical (unpaired) electrons. The molecule has 0 unspecified atom stereocenters. The van der Waals surface area contributed by atoms with Gasteiger partial charge in [0.1, 0.15) is 0 Å². The second kappa shape index (κ2) is 12.4. The summed E-state index contributed by atoms with van der Waals surface area (Å²) < 4.78 is 4.27. The third kappa shape index (κ3) is 11.5. The van der Waals surface area contributed by atoms with Crippen LogP contribution in [-0.4, -0.2) is 24.2 Å². The second-order valence-electron chi connectivity index (χ2n) is 4.08. The lowest BCUT2D eigenvalue weighted by Gasteiger charge is -1.92. The van der Waals surface area contributed by atoms with Crippen molar-refractivity contribution >= 4 is 29.6 Å². The van der Waals surface area contributed by atoms with Crippen LogP contribution in [0.3, 0.4) is 0 Å². The summed E-state index contributed by atoms with van der Waals surface area (Å²) in [6.07, 6.45) is 1.74. The molecule has 0 atom stereocenters. The molecule has 0 fully saturated rings. The summed E-state index contributed by atoms with van der Waals surface area (Å²) in [6.45, 7) is 13.2. The molecule has 1 aromatic carbocycles. The molecule has 0 amide bonds. The van der Waals surface area contributed by atoms with Crippen molar-refractivity contribution in [2.45, 2.75) is 13.8 Å². The van der Waals surface area contributed by atoms with Gasteiger partial charge in [-0.1, -0.05) is 55.6 Å². The van der Waals surface area contributed by atoms with Gasteiger partial charge in [-0.05, 0) is 25.5 Å². The number of hydrogen-bond donors (Lipinski definition) is 1. The van der Waals surface area contributed by atoms with E-state index in [0.29, 0.717) is 5.57 Å². The van der Waals surface area contributed by atoms with Crippen LogP contribution < -0.4 is 0 Å². The van der Waals surface area contributed by atoms with Crippen LogP contribution in [-0.2, 0) is 14.3 Å². The van der Waals surface area contributed by atoms with Crippen LogP contribution in [0, 0.1) is 0 Å². The van der Waals surface area contributed by atoms with Crippen molar-refractivity contribution in [1.29, 1.82) is 0 Å². The molecule has 5 heteroatoms. The Morgan fingerprint density at radius 3 is 1.82 bits per heavy atom. The summed E-state index contributed by atoms with van der Waals surface area (Å²) in [5, 5.41) is 8.65. The van der Waals surface area contributed by atoms with Crippen LogP contribution in [0.1, 0.15) is 19.4 Å². The summed E-state index contributed by atoms with van der Waals surface area (Å²) in [6, 6.07) is 7.60. The third-order valence-corrected chi connectivity index (χ3v) is 2.37. The molecule has 0 spiro atoms. The molecule has 0 aliphatic rings. The lowest BCUT2D eigenvalue weighted by molar-refractivity contribution is -0.136. The fourth-order valence-electron chi connectivity index (χ4n) is 0.815. The molecule has 0 bridgehead atoms. The number of hydrogen-bond acceptors (Lipinski definition) is 3. The lowest BCUT2D eigenvalue weighted by atomic mass is 10.2. The Bertz CT molecular complexity index is 535. The summed E-state index contributed by atoms with van der Waals surface area (Å²) in [7, 11) is 1.33. The Kier molecular flexibility index (Phi) is 12.4. The number of carboxylic acids is 1. The van der Waals surface area contributed by atoms with Crippen molar-refractivity contribution in [2.24, 2.45) is 0 Å². The van der Waals surface area contributed by atoms with Gasteiger partial charge in [-0.3, -0.25) is 0 Å². The number of rotatable bonds is 3. The van der Waals surface area contributed by atoms with E-state index in [1.54, 1.807) is 13.0 Å². The Hall–Kier alpha value is -2.33. The Morgan fingerprint density at radius 1 is 1.18 bits per heavy atom. The van der Waals surface area contributed by atoms with E-state index in [1.807, 2.05) is 24.3 Å². The van der Waals surface area contributed by atoms with E-state index in [2.05, 4.69) is 24.5 Å². The van der Waals surface area contributed by atoms with Crippen molar-refractivity contribution in [3.63, 3.8) is 0 Å². The van der Waals surface area contributed by atoms with Gasteiger partial charge in [0.15, 0.2) is 0 Å². The highest BCUT2D eigenvalue weighted by Gasteiger charge is 1.95. The summed E-state index contributed by atoms with van der Waals surface area (Å²) in [4.78, 5) is 19.8. The van der Waals surface area contributed by atoms with Gasteiger partial charge in [0.2, 0.25) is 0 Å². The molecule has 0 saturated carbocycles. The molecule has 22 heavy (non-hydrogen) atoms. The standard InChI is InChI=1S/C8H7Cl.C5H8O2.C4H6O2/c1-2-7-5-3-4-6-8(7)9;1-4(2)5(6)7-3;1-3(2)4(5)6/h2-6H,1H2;1H2,2-3H3;1H2,2H3,(H,5,6). The molecule has 0 heterocycles. The number of carbonyl (C=O) groups is 2. The van der Waals surface area contributed by atoms with E-state index >= 15 is 0 Å². The number of methoxy groups -OCH3 is 1. The minimum absolute atomic E-state index is 0.176. The zero-order chi connectivity index (χ0) is 17.7. The van der Waals surface area contributed by atoms with E-state index in [1.165, 1.54) is 14.0 Å². The highest BCUT2D eigenvalue weighted by Crippen LogP contribution is 2.14. The fraction of sp³-hybridized carbons (Fsp3) is 0.176. The number of aliphatic carboxylic acids is 1. The number of ether oxygens (including phenoxy) is 1. The molecule has 0 aliphatic carbocycles. The Balaban J connectivity index is 0. The quantitative estimate of drug-likeness (QED) is 0.662. The van der Waals surface area contributed by atoms with E-state index in [4.69, 9.17) is 16.7 Å². The minimum Gasteiger partial charge on any atom is -0.478 e. The molecule has 1 aromatic rings. The predicted octanol–water partition coefficient (Wildman–Crippen LogP) is 4.37. The van der Waals surface area contributed by atoms with Crippen LogP contribution >= 0.6 is 11.6 Å².